The minimum Gasteiger partial charge on any atom is -0.386 e. The van der Waals surface area contributed by atoms with Gasteiger partial charge < -0.3 is 11.1 Å². The molecule has 5 heteroatoms. The Labute approximate surface area is 66.2 Å². The van der Waals surface area contributed by atoms with Crippen LogP contribution in [0.3, 0.4) is 0 Å². The molecule has 1 aliphatic heterocycles. The van der Waals surface area contributed by atoms with E-state index in [1.54, 1.807) is 0 Å². The van der Waals surface area contributed by atoms with E-state index < -0.39 is 0 Å². The molecular weight excluding hydrogens is 142 g/mol. The number of rotatable bonds is 4. The average Bonchev–Trinajstić information content (AvgIpc) is 1.85. The summed E-state index contributed by atoms with van der Waals surface area (Å²) in [6.45, 7) is 2.23. The highest BCUT2D eigenvalue weighted by Crippen LogP contribution is 2.09. The highest BCUT2D eigenvalue weighted by Gasteiger charge is 2.16. The topological polar surface area (TPSA) is 88.5 Å². The molecule has 64 valence electrons. The van der Waals surface area contributed by atoms with Gasteiger partial charge in [-0.05, 0) is 25.4 Å². The van der Waals surface area contributed by atoms with Gasteiger partial charge in [-0.1, -0.05) is 0 Å². The third kappa shape index (κ3) is 2.73. The smallest absolute Gasteiger partial charge is 0.121 e. The van der Waals surface area contributed by atoms with Crippen molar-refractivity contribution in [1.82, 2.24) is 10.9 Å². The van der Waals surface area contributed by atoms with Crippen LogP contribution in [0.15, 0.2) is 5.10 Å². The van der Waals surface area contributed by atoms with Gasteiger partial charge in [0.1, 0.15) is 5.84 Å². The van der Waals surface area contributed by atoms with Crippen LogP contribution < -0.4 is 22.4 Å². The Morgan fingerprint density at radius 1 is 1.64 bits per heavy atom. The van der Waals surface area contributed by atoms with Crippen LogP contribution in [0.25, 0.3) is 0 Å². The Hall–Kier alpha value is -0.810. The fourth-order valence-corrected chi connectivity index (χ4v) is 1.04. The summed E-state index contributed by atoms with van der Waals surface area (Å²) in [6, 6.07) is 0. The van der Waals surface area contributed by atoms with Crippen LogP contribution in [0.4, 0.5) is 0 Å². The van der Waals surface area contributed by atoms with Crippen molar-refractivity contribution in [2.45, 2.75) is 12.8 Å². The van der Waals surface area contributed by atoms with Crippen molar-refractivity contribution >= 4 is 5.84 Å². The van der Waals surface area contributed by atoms with Gasteiger partial charge in [0, 0.05) is 6.42 Å². The summed E-state index contributed by atoms with van der Waals surface area (Å²) >= 11 is 0. The van der Waals surface area contributed by atoms with Gasteiger partial charge in [0.2, 0.25) is 0 Å². The standard InChI is InChI=1S/C6H15N5/c7-6(10-11-8)2-1-5-3-9-4-5/h5,9,11H,1-4,8H2,(H2,7,10). The molecule has 1 aliphatic rings. The predicted molar refractivity (Wildman–Crippen MR) is 44.5 cm³/mol. The lowest BCUT2D eigenvalue weighted by Gasteiger charge is -2.26. The number of nitrogens with zero attached hydrogens (tertiary/aromatic N) is 1. The number of nitrogens with two attached hydrogens (primary N) is 2. The first-order chi connectivity index (χ1) is 5.33. The van der Waals surface area contributed by atoms with E-state index in [1.165, 1.54) is 0 Å². The molecule has 0 aromatic carbocycles. The minimum absolute atomic E-state index is 0.583. The van der Waals surface area contributed by atoms with Crippen LogP contribution in [0.5, 0.6) is 0 Å². The summed E-state index contributed by atoms with van der Waals surface area (Å²) in [7, 11) is 0. The van der Waals surface area contributed by atoms with Gasteiger partial charge in [0.25, 0.3) is 0 Å². The van der Waals surface area contributed by atoms with E-state index in [-0.39, 0.29) is 0 Å². The Morgan fingerprint density at radius 3 is 2.82 bits per heavy atom. The molecule has 0 amide bonds. The molecule has 0 bridgehead atoms. The minimum atomic E-state index is 0.583. The van der Waals surface area contributed by atoms with Gasteiger partial charge in [-0.15, -0.1) is 0 Å². The van der Waals surface area contributed by atoms with Crippen molar-refractivity contribution in [3.8, 4) is 0 Å². The maximum atomic E-state index is 5.50. The Kier molecular flexibility index (Phi) is 3.13. The van der Waals surface area contributed by atoms with Crippen molar-refractivity contribution in [1.29, 1.82) is 0 Å². The van der Waals surface area contributed by atoms with E-state index in [9.17, 15) is 0 Å². The van der Waals surface area contributed by atoms with Crippen molar-refractivity contribution in [3.63, 3.8) is 0 Å². The van der Waals surface area contributed by atoms with Crippen LogP contribution in [0.1, 0.15) is 12.8 Å². The second-order valence-electron chi connectivity index (χ2n) is 2.80. The van der Waals surface area contributed by atoms with E-state index in [2.05, 4.69) is 16.0 Å². The highest BCUT2D eigenvalue weighted by atomic mass is 15.5. The molecule has 0 spiro atoms. The summed E-state index contributed by atoms with van der Waals surface area (Å²) < 4.78 is 0. The Morgan fingerprint density at radius 2 is 2.36 bits per heavy atom. The molecule has 0 saturated carbocycles. The van der Waals surface area contributed by atoms with Crippen LogP contribution in [0, 0.1) is 5.92 Å². The lowest BCUT2D eigenvalue weighted by atomic mass is 9.97. The second kappa shape index (κ2) is 4.15. The van der Waals surface area contributed by atoms with Crippen molar-refractivity contribution in [2.75, 3.05) is 13.1 Å². The highest BCUT2D eigenvalue weighted by molar-refractivity contribution is 5.79. The van der Waals surface area contributed by atoms with Crippen molar-refractivity contribution in [3.05, 3.63) is 0 Å². The molecule has 1 saturated heterocycles. The zero-order valence-corrected chi connectivity index (χ0v) is 6.51. The summed E-state index contributed by atoms with van der Waals surface area (Å²) in [5, 5.41) is 6.85. The summed E-state index contributed by atoms with van der Waals surface area (Å²) in [4.78, 5) is 0. The van der Waals surface area contributed by atoms with E-state index in [0.29, 0.717) is 5.84 Å². The third-order valence-corrected chi connectivity index (χ3v) is 1.88. The first-order valence-electron chi connectivity index (χ1n) is 3.81. The van der Waals surface area contributed by atoms with Gasteiger partial charge in [-0.2, -0.15) is 5.10 Å². The number of nitrogens with one attached hydrogen (secondary N) is 2. The number of amidine groups is 1. The largest absolute Gasteiger partial charge is 0.386 e. The van der Waals surface area contributed by atoms with Gasteiger partial charge in [-0.3, -0.25) is 0 Å². The molecule has 0 unspecified atom stereocenters. The van der Waals surface area contributed by atoms with Gasteiger partial charge in [0.15, 0.2) is 0 Å². The van der Waals surface area contributed by atoms with E-state index in [4.69, 9.17) is 11.6 Å². The van der Waals surface area contributed by atoms with Crippen molar-refractivity contribution < 1.29 is 0 Å². The Balaban J connectivity index is 2.05. The van der Waals surface area contributed by atoms with Crippen LogP contribution >= 0.6 is 0 Å². The van der Waals surface area contributed by atoms with Gasteiger partial charge in [0.05, 0.1) is 0 Å². The zero-order chi connectivity index (χ0) is 8.10. The van der Waals surface area contributed by atoms with Crippen LogP contribution in [-0.2, 0) is 0 Å². The van der Waals surface area contributed by atoms with Crippen LogP contribution in [-0.4, -0.2) is 18.9 Å². The third-order valence-electron chi connectivity index (χ3n) is 1.88. The monoisotopic (exact) mass is 157 g/mol. The van der Waals surface area contributed by atoms with Gasteiger partial charge in [-0.25, -0.2) is 11.4 Å². The molecule has 0 atom stereocenters. The maximum Gasteiger partial charge on any atom is 0.121 e. The maximum absolute atomic E-state index is 5.50. The number of hydrazine groups is 1. The molecule has 0 radical (unpaired) electrons. The SMILES string of the molecule is NN/N=C(\N)CCC1CNC1. The molecular formula is C6H15N5. The van der Waals surface area contributed by atoms with E-state index in [1.807, 2.05) is 0 Å². The molecule has 6 N–H and O–H groups in total. The normalized spacial score (nSPS) is 19.5. The first-order valence-corrected chi connectivity index (χ1v) is 3.81. The second-order valence-corrected chi connectivity index (χ2v) is 2.80. The quantitative estimate of drug-likeness (QED) is 0.177. The van der Waals surface area contributed by atoms with Crippen molar-refractivity contribution in [2.24, 2.45) is 22.6 Å². The lowest BCUT2D eigenvalue weighted by molar-refractivity contribution is 0.332. The zero-order valence-electron chi connectivity index (χ0n) is 6.51. The molecule has 0 aromatic heterocycles. The molecule has 11 heavy (non-hydrogen) atoms. The molecule has 1 fully saturated rings. The fraction of sp³-hybridized carbons (Fsp3) is 0.833. The van der Waals surface area contributed by atoms with Gasteiger partial charge >= 0.3 is 0 Å². The van der Waals surface area contributed by atoms with E-state index in [0.717, 1.165) is 31.8 Å². The average molecular weight is 157 g/mol. The molecule has 0 aromatic rings. The summed E-state index contributed by atoms with van der Waals surface area (Å²) in [6.07, 6.45) is 1.93. The summed E-state index contributed by atoms with van der Waals surface area (Å²) in [5.41, 5.74) is 7.67. The van der Waals surface area contributed by atoms with E-state index >= 15 is 0 Å². The molecule has 1 rings (SSSR count). The first kappa shape index (κ1) is 8.29. The lowest BCUT2D eigenvalue weighted by Crippen LogP contribution is -2.42. The number of hydrazone groups is 1. The molecule has 0 aliphatic carbocycles. The fourth-order valence-electron chi connectivity index (χ4n) is 1.04. The van der Waals surface area contributed by atoms with Crippen LogP contribution in [0.2, 0.25) is 0 Å². The molecule has 5 nitrogen and oxygen atoms in total. The molecule has 1 heterocycles. The summed E-state index contributed by atoms with van der Waals surface area (Å²) in [5.74, 6) is 6.31. The Bertz CT molecular complexity index is 140. The number of hydrogen-bond acceptors (Lipinski definition) is 4. The predicted octanol–water partition coefficient (Wildman–Crippen LogP) is -1.28. The number of hydrogen-bond donors (Lipinski definition) is 4.